The molecular formula is C22H24FN3O5S. The fraction of sp³-hybridized carbons (Fsp3) is 0.364. The summed E-state index contributed by atoms with van der Waals surface area (Å²) in [6, 6.07) is 11.1. The third kappa shape index (κ3) is 3.89. The van der Waals surface area contributed by atoms with E-state index in [1.807, 2.05) is 0 Å². The highest BCUT2D eigenvalue weighted by Gasteiger charge is 2.51. The number of nitrogens with one attached hydrogen (secondary N) is 1. The molecule has 32 heavy (non-hydrogen) atoms. The maximum absolute atomic E-state index is 13.4. The van der Waals surface area contributed by atoms with Crippen molar-refractivity contribution < 1.29 is 27.1 Å². The number of carbonyl (C=O) groups is 2. The van der Waals surface area contributed by atoms with Gasteiger partial charge in [-0.1, -0.05) is 31.2 Å². The van der Waals surface area contributed by atoms with Crippen LogP contribution in [-0.4, -0.2) is 55.9 Å². The number of ether oxygens (including phenoxy) is 1. The van der Waals surface area contributed by atoms with E-state index in [9.17, 15) is 22.4 Å². The zero-order valence-corrected chi connectivity index (χ0v) is 18.4. The van der Waals surface area contributed by atoms with Gasteiger partial charge in [-0.2, -0.15) is 4.31 Å². The lowest BCUT2D eigenvalue weighted by atomic mass is 9.87. The van der Waals surface area contributed by atoms with Crippen LogP contribution in [0.1, 0.15) is 24.5 Å². The maximum Gasteiger partial charge on any atom is 0.325 e. The van der Waals surface area contributed by atoms with Crippen LogP contribution < -0.4 is 5.32 Å². The summed E-state index contributed by atoms with van der Waals surface area (Å²) >= 11 is 0. The Hall–Kier alpha value is -2.82. The van der Waals surface area contributed by atoms with Crippen LogP contribution in [0.3, 0.4) is 0 Å². The predicted octanol–water partition coefficient (Wildman–Crippen LogP) is 2.20. The molecule has 0 aliphatic carbocycles. The summed E-state index contributed by atoms with van der Waals surface area (Å²) in [5.41, 5.74) is -0.290. The summed E-state index contributed by atoms with van der Waals surface area (Å²) < 4.78 is 45.8. The molecule has 2 aromatic carbocycles. The van der Waals surface area contributed by atoms with Gasteiger partial charge >= 0.3 is 6.03 Å². The number of morpholine rings is 1. The number of nitrogens with zero attached hydrogens (tertiary/aromatic N) is 2. The molecule has 0 bridgehead atoms. The molecule has 0 radical (unpaired) electrons. The van der Waals surface area contributed by atoms with Crippen molar-refractivity contribution in [2.24, 2.45) is 0 Å². The zero-order chi connectivity index (χ0) is 22.9. The number of hydrogen-bond acceptors (Lipinski definition) is 5. The van der Waals surface area contributed by atoms with Crippen LogP contribution in [0.4, 0.5) is 9.18 Å². The predicted molar refractivity (Wildman–Crippen MR) is 113 cm³/mol. The van der Waals surface area contributed by atoms with Gasteiger partial charge in [0.1, 0.15) is 11.4 Å². The van der Waals surface area contributed by atoms with Crippen molar-refractivity contribution >= 4 is 22.0 Å². The summed E-state index contributed by atoms with van der Waals surface area (Å²) in [6.07, 6.45) is 0.283. The molecule has 4 rings (SSSR count). The van der Waals surface area contributed by atoms with E-state index in [4.69, 9.17) is 4.74 Å². The van der Waals surface area contributed by atoms with Crippen molar-refractivity contribution in [2.45, 2.75) is 30.3 Å². The third-order valence-corrected chi connectivity index (χ3v) is 7.78. The van der Waals surface area contributed by atoms with Crippen molar-refractivity contribution in [1.29, 1.82) is 0 Å². The zero-order valence-electron chi connectivity index (χ0n) is 17.6. The van der Waals surface area contributed by atoms with Gasteiger partial charge in [0.2, 0.25) is 10.0 Å². The molecule has 2 aromatic rings. The van der Waals surface area contributed by atoms with Gasteiger partial charge in [-0.05, 0) is 41.8 Å². The lowest BCUT2D eigenvalue weighted by Gasteiger charge is -2.26. The molecule has 10 heteroatoms. The SMILES string of the molecule is CC[C@@]1(c2ccc(F)cc2)NC(=O)N(Cc2cccc(S(=O)(=O)N3CCOCC3)c2)C1=O. The van der Waals surface area contributed by atoms with Crippen molar-refractivity contribution in [3.8, 4) is 0 Å². The molecule has 1 atom stereocenters. The average molecular weight is 462 g/mol. The van der Waals surface area contributed by atoms with Crippen LogP contribution in [0.25, 0.3) is 0 Å². The van der Waals surface area contributed by atoms with E-state index < -0.39 is 33.3 Å². The highest BCUT2D eigenvalue weighted by molar-refractivity contribution is 7.89. The van der Waals surface area contributed by atoms with E-state index in [-0.39, 0.29) is 31.0 Å². The Bertz CT molecular complexity index is 1130. The summed E-state index contributed by atoms with van der Waals surface area (Å²) in [4.78, 5) is 27.2. The number of rotatable bonds is 6. The Morgan fingerprint density at radius 2 is 1.78 bits per heavy atom. The molecule has 0 aromatic heterocycles. The van der Waals surface area contributed by atoms with E-state index in [1.165, 1.54) is 40.7 Å². The standard InChI is InChI=1S/C22H24FN3O5S/c1-2-22(17-6-8-18(23)9-7-17)20(27)26(21(28)24-22)15-16-4-3-5-19(14-16)32(29,30)25-10-12-31-13-11-25/h3-9,14H,2,10-13,15H2,1H3,(H,24,28)/t22-/m0/s1. The van der Waals surface area contributed by atoms with E-state index in [1.54, 1.807) is 19.1 Å². The summed E-state index contributed by atoms with van der Waals surface area (Å²) in [5.74, 6) is -0.898. The molecule has 1 N–H and O–H groups in total. The Balaban J connectivity index is 1.59. The molecule has 3 amide bonds. The van der Waals surface area contributed by atoms with E-state index >= 15 is 0 Å². The number of halogens is 1. The second-order valence-corrected chi connectivity index (χ2v) is 9.69. The van der Waals surface area contributed by atoms with Gasteiger partial charge in [0.25, 0.3) is 5.91 Å². The number of imide groups is 1. The summed E-state index contributed by atoms with van der Waals surface area (Å²) in [6.45, 7) is 2.90. The molecule has 2 heterocycles. The third-order valence-electron chi connectivity index (χ3n) is 5.89. The fourth-order valence-corrected chi connectivity index (χ4v) is 5.55. The molecule has 0 spiro atoms. The van der Waals surface area contributed by atoms with Gasteiger partial charge in [0.15, 0.2) is 0 Å². The molecular weight excluding hydrogens is 437 g/mol. The normalized spacial score (nSPS) is 22.2. The first-order valence-corrected chi connectivity index (χ1v) is 11.8. The van der Waals surface area contributed by atoms with Gasteiger partial charge in [-0.3, -0.25) is 9.69 Å². The minimum atomic E-state index is -3.71. The van der Waals surface area contributed by atoms with Gasteiger partial charge in [0, 0.05) is 13.1 Å². The van der Waals surface area contributed by atoms with Crippen LogP contribution in [0.5, 0.6) is 0 Å². The molecule has 0 saturated carbocycles. The first kappa shape index (κ1) is 22.4. The quantitative estimate of drug-likeness (QED) is 0.666. The van der Waals surface area contributed by atoms with Gasteiger partial charge in [0.05, 0.1) is 24.7 Å². The second-order valence-electron chi connectivity index (χ2n) is 7.75. The molecule has 2 aliphatic rings. The number of amides is 3. The van der Waals surface area contributed by atoms with Crippen LogP contribution in [0, 0.1) is 5.82 Å². The van der Waals surface area contributed by atoms with Gasteiger partial charge in [-0.25, -0.2) is 17.6 Å². The molecule has 0 unspecified atom stereocenters. The van der Waals surface area contributed by atoms with Crippen molar-refractivity contribution in [1.82, 2.24) is 14.5 Å². The Morgan fingerprint density at radius 1 is 1.09 bits per heavy atom. The lowest BCUT2D eigenvalue weighted by molar-refractivity contribution is -0.132. The fourth-order valence-electron chi connectivity index (χ4n) is 4.07. The highest BCUT2D eigenvalue weighted by atomic mass is 32.2. The van der Waals surface area contributed by atoms with Crippen LogP contribution in [-0.2, 0) is 31.6 Å². The Morgan fingerprint density at radius 3 is 2.44 bits per heavy atom. The highest BCUT2D eigenvalue weighted by Crippen LogP contribution is 2.33. The van der Waals surface area contributed by atoms with E-state index in [2.05, 4.69) is 5.32 Å². The minimum absolute atomic E-state index is 0.0833. The molecule has 8 nitrogen and oxygen atoms in total. The van der Waals surface area contributed by atoms with E-state index in [0.29, 0.717) is 24.3 Å². The van der Waals surface area contributed by atoms with Crippen molar-refractivity contribution in [3.05, 3.63) is 65.5 Å². The number of sulfonamides is 1. The first-order chi connectivity index (χ1) is 15.3. The topological polar surface area (TPSA) is 96.0 Å². The second kappa shape index (κ2) is 8.61. The number of urea groups is 1. The maximum atomic E-state index is 13.4. The smallest absolute Gasteiger partial charge is 0.325 e. The van der Waals surface area contributed by atoms with Gasteiger partial charge in [-0.15, -0.1) is 0 Å². The molecule has 2 aliphatic heterocycles. The summed E-state index contributed by atoms with van der Waals surface area (Å²) in [7, 11) is -3.71. The van der Waals surface area contributed by atoms with Crippen LogP contribution in [0.2, 0.25) is 0 Å². The first-order valence-electron chi connectivity index (χ1n) is 10.3. The van der Waals surface area contributed by atoms with Crippen LogP contribution >= 0.6 is 0 Å². The number of carbonyl (C=O) groups excluding carboxylic acids is 2. The summed E-state index contributed by atoms with van der Waals surface area (Å²) in [5, 5.41) is 2.74. The van der Waals surface area contributed by atoms with Crippen LogP contribution in [0.15, 0.2) is 53.4 Å². The lowest BCUT2D eigenvalue weighted by Crippen LogP contribution is -2.43. The number of benzene rings is 2. The largest absolute Gasteiger partial charge is 0.379 e. The van der Waals surface area contributed by atoms with Gasteiger partial charge < -0.3 is 10.1 Å². The Labute approximate surface area is 186 Å². The Kier molecular flexibility index (Phi) is 6.02. The molecule has 2 saturated heterocycles. The monoisotopic (exact) mass is 461 g/mol. The van der Waals surface area contributed by atoms with Crippen molar-refractivity contribution in [2.75, 3.05) is 26.3 Å². The molecule has 2 fully saturated rings. The average Bonchev–Trinajstić information content (AvgIpc) is 3.05. The number of hydrogen-bond donors (Lipinski definition) is 1. The van der Waals surface area contributed by atoms with E-state index in [0.717, 1.165) is 4.90 Å². The van der Waals surface area contributed by atoms with Crippen molar-refractivity contribution in [3.63, 3.8) is 0 Å². The molecule has 170 valence electrons. The minimum Gasteiger partial charge on any atom is -0.379 e.